The maximum atomic E-state index is 12.0. The standard InChI is InChI=1S/C15H22N4OS/c1-4-13(15-18-10(2)11(3)21-15)19-14(20)7-5-6-12-8-16-17-9-12/h8-9,13H,4-7H2,1-3H3,(H,16,17)(H,19,20)/t13-/m0/s1. The highest BCUT2D eigenvalue weighted by Gasteiger charge is 2.17. The number of rotatable bonds is 7. The minimum atomic E-state index is 0.0313. The number of aromatic amines is 1. The lowest BCUT2D eigenvalue weighted by Crippen LogP contribution is -2.27. The average Bonchev–Trinajstić information content (AvgIpc) is 3.07. The van der Waals surface area contributed by atoms with Crippen molar-refractivity contribution in [2.24, 2.45) is 0 Å². The lowest BCUT2D eigenvalue weighted by atomic mass is 10.1. The van der Waals surface area contributed by atoms with E-state index in [1.807, 2.05) is 13.1 Å². The molecule has 1 atom stereocenters. The number of carbonyl (C=O) groups is 1. The lowest BCUT2D eigenvalue weighted by molar-refractivity contribution is -0.122. The SMILES string of the molecule is CC[C@H](NC(=O)CCCc1cn[nH]c1)c1nc(C)c(C)s1. The van der Waals surface area contributed by atoms with Crippen LogP contribution in [0.25, 0.3) is 0 Å². The van der Waals surface area contributed by atoms with E-state index in [1.54, 1.807) is 17.5 Å². The van der Waals surface area contributed by atoms with Crippen molar-refractivity contribution >= 4 is 17.2 Å². The monoisotopic (exact) mass is 306 g/mol. The molecule has 6 heteroatoms. The van der Waals surface area contributed by atoms with Crippen molar-refractivity contribution in [2.45, 2.75) is 52.5 Å². The Labute approximate surface area is 129 Å². The summed E-state index contributed by atoms with van der Waals surface area (Å²) in [7, 11) is 0. The third-order valence-electron chi connectivity index (χ3n) is 3.51. The normalized spacial score (nSPS) is 12.3. The molecule has 0 aliphatic heterocycles. The van der Waals surface area contributed by atoms with Crippen molar-refractivity contribution in [3.63, 3.8) is 0 Å². The second-order valence-electron chi connectivity index (χ2n) is 5.18. The maximum Gasteiger partial charge on any atom is 0.220 e. The van der Waals surface area contributed by atoms with Gasteiger partial charge in [0.05, 0.1) is 17.9 Å². The molecule has 2 aromatic rings. The fourth-order valence-electron chi connectivity index (χ4n) is 2.12. The number of aryl methyl sites for hydroxylation is 3. The zero-order valence-electron chi connectivity index (χ0n) is 12.8. The first kappa shape index (κ1) is 15.7. The van der Waals surface area contributed by atoms with Crippen LogP contribution < -0.4 is 5.32 Å². The zero-order valence-corrected chi connectivity index (χ0v) is 13.6. The van der Waals surface area contributed by atoms with Crippen LogP contribution in [0.5, 0.6) is 0 Å². The molecule has 0 aliphatic carbocycles. The number of aromatic nitrogens is 3. The van der Waals surface area contributed by atoms with E-state index < -0.39 is 0 Å². The van der Waals surface area contributed by atoms with Crippen molar-refractivity contribution in [2.75, 3.05) is 0 Å². The van der Waals surface area contributed by atoms with Gasteiger partial charge >= 0.3 is 0 Å². The Kier molecular flexibility index (Phi) is 5.50. The summed E-state index contributed by atoms with van der Waals surface area (Å²) in [6.07, 6.45) is 6.76. The minimum Gasteiger partial charge on any atom is -0.347 e. The average molecular weight is 306 g/mol. The topological polar surface area (TPSA) is 70.7 Å². The Morgan fingerprint density at radius 1 is 1.48 bits per heavy atom. The van der Waals surface area contributed by atoms with Crippen molar-refractivity contribution in [1.82, 2.24) is 20.5 Å². The second-order valence-corrected chi connectivity index (χ2v) is 6.42. The highest BCUT2D eigenvalue weighted by Crippen LogP contribution is 2.24. The molecule has 114 valence electrons. The Morgan fingerprint density at radius 2 is 2.29 bits per heavy atom. The van der Waals surface area contributed by atoms with E-state index in [9.17, 15) is 4.79 Å². The highest BCUT2D eigenvalue weighted by molar-refractivity contribution is 7.11. The minimum absolute atomic E-state index is 0.0313. The van der Waals surface area contributed by atoms with Crippen LogP contribution in [0.4, 0.5) is 0 Å². The van der Waals surface area contributed by atoms with Crippen LogP contribution >= 0.6 is 11.3 Å². The van der Waals surface area contributed by atoms with Gasteiger partial charge in [-0.05, 0) is 38.7 Å². The van der Waals surface area contributed by atoms with E-state index in [4.69, 9.17) is 0 Å². The van der Waals surface area contributed by atoms with Gasteiger partial charge in [0, 0.05) is 17.5 Å². The first-order valence-electron chi connectivity index (χ1n) is 7.31. The number of H-pyrrole nitrogens is 1. The Morgan fingerprint density at radius 3 is 2.86 bits per heavy atom. The van der Waals surface area contributed by atoms with E-state index in [0.29, 0.717) is 6.42 Å². The van der Waals surface area contributed by atoms with Crippen molar-refractivity contribution in [3.8, 4) is 0 Å². The lowest BCUT2D eigenvalue weighted by Gasteiger charge is -2.14. The summed E-state index contributed by atoms with van der Waals surface area (Å²) in [6.45, 7) is 6.15. The summed E-state index contributed by atoms with van der Waals surface area (Å²) in [5.74, 6) is 0.0934. The molecule has 21 heavy (non-hydrogen) atoms. The van der Waals surface area contributed by atoms with Gasteiger partial charge < -0.3 is 5.32 Å². The summed E-state index contributed by atoms with van der Waals surface area (Å²) < 4.78 is 0. The molecule has 2 aromatic heterocycles. The van der Waals surface area contributed by atoms with Gasteiger partial charge in [0.2, 0.25) is 5.91 Å². The molecule has 0 fully saturated rings. The molecule has 5 nitrogen and oxygen atoms in total. The molecular weight excluding hydrogens is 284 g/mol. The van der Waals surface area contributed by atoms with Gasteiger partial charge in [-0.15, -0.1) is 11.3 Å². The number of nitrogens with zero attached hydrogens (tertiary/aromatic N) is 2. The Bertz CT molecular complexity index is 557. The fourth-order valence-corrected chi connectivity index (χ4v) is 3.18. The van der Waals surface area contributed by atoms with Gasteiger partial charge in [-0.1, -0.05) is 6.92 Å². The van der Waals surface area contributed by atoms with E-state index in [2.05, 4.69) is 34.3 Å². The predicted molar refractivity (Wildman–Crippen MR) is 84.3 cm³/mol. The van der Waals surface area contributed by atoms with Crippen LogP contribution in [0.3, 0.4) is 0 Å². The largest absolute Gasteiger partial charge is 0.347 e. The van der Waals surface area contributed by atoms with Crippen LogP contribution in [-0.4, -0.2) is 21.1 Å². The highest BCUT2D eigenvalue weighted by atomic mass is 32.1. The first-order chi connectivity index (χ1) is 10.1. The molecule has 2 rings (SSSR count). The summed E-state index contributed by atoms with van der Waals surface area (Å²) >= 11 is 1.67. The first-order valence-corrected chi connectivity index (χ1v) is 8.12. The van der Waals surface area contributed by atoms with Crippen LogP contribution in [0, 0.1) is 13.8 Å². The van der Waals surface area contributed by atoms with Gasteiger partial charge in [-0.2, -0.15) is 5.10 Å². The number of nitrogens with one attached hydrogen (secondary N) is 2. The van der Waals surface area contributed by atoms with Gasteiger partial charge in [0.15, 0.2) is 0 Å². The number of amides is 1. The molecule has 2 N–H and O–H groups in total. The molecule has 0 spiro atoms. The van der Waals surface area contributed by atoms with E-state index in [-0.39, 0.29) is 11.9 Å². The van der Waals surface area contributed by atoms with Crippen molar-refractivity contribution in [1.29, 1.82) is 0 Å². The summed E-state index contributed by atoms with van der Waals surface area (Å²) in [5.41, 5.74) is 2.20. The third kappa shape index (κ3) is 4.39. The maximum absolute atomic E-state index is 12.0. The predicted octanol–water partition coefficient (Wildman–Crippen LogP) is 3.07. The third-order valence-corrected chi connectivity index (χ3v) is 4.70. The number of hydrogen-bond donors (Lipinski definition) is 2. The molecule has 0 aromatic carbocycles. The van der Waals surface area contributed by atoms with Crippen molar-refractivity contribution in [3.05, 3.63) is 33.5 Å². The summed E-state index contributed by atoms with van der Waals surface area (Å²) in [4.78, 5) is 17.8. The molecule has 0 saturated heterocycles. The van der Waals surface area contributed by atoms with Gasteiger partial charge in [-0.25, -0.2) is 4.98 Å². The van der Waals surface area contributed by atoms with Gasteiger partial charge in [0.1, 0.15) is 5.01 Å². The van der Waals surface area contributed by atoms with E-state index in [0.717, 1.165) is 35.5 Å². The summed E-state index contributed by atoms with van der Waals surface area (Å²) in [5, 5.41) is 10.8. The summed E-state index contributed by atoms with van der Waals surface area (Å²) in [6, 6.07) is 0.0313. The van der Waals surface area contributed by atoms with Crippen LogP contribution in [-0.2, 0) is 11.2 Å². The smallest absolute Gasteiger partial charge is 0.220 e. The number of hydrogen-bond acceptors (Lipinski definition) is 4. The molecular formula is C15H22N4OS. The quantitative estimate of drug-likeness (QED) is 0.826. The van der Waals surface area contributed by atoms with Crippen LogP contribution in [0.2, 0.25) is 0 Å². The molecule has 0 radical (unpaired) electrons. The molecule has 0 aliphatic rings. The second kappa shape index (κ2) is 7.36. The van der Waals surface area contributed by atoms with Crippen molar-refractivity contribution < 1.29 is 4.79 Å². The fraction of sp³-hybridized carbons (Fsp3) is 0.533. The van der Waals surface area contributed by atoms with Gasteiger partial charge in [0.25, 0.3) is 0 Å². The Balaban J connectivity index is 1.82. The molecule has 1 amide bonds. The number of thiazole rings is 1. The van der Waals surface area contributed by atoms with E-state index in [1.165, 1.54) is 4.88 Å². The van der Waals surface area contributed by atoms with Crippen LogP contribution in [0.1, 0.15) is 53.4 Å². The number of carbonyl (C=O) groups excluding carboxylic acids is 1. The molecule has 2 heterocycles. The van der Waals surface area contributed by atoms with Gasteiger partial charge in [-0.3, -0.25) is 9.89 Å². The van der Waals surface area contributed by atoms with Crippen LogP contribution in [0.15, 0.2) is 12.4 Å². The molecule has 0 bridgehead atoms. The van der Waals surface area contributed by atoms with E-state index >= 15 is 0 Å². The molecule has 0 unspecified atom stereocenters. The zero-order chi connectivity index (χ0) is 15.2. The molecule has 0 saturated carbocycles. The Hall–Kier alpha value is -1.69.